The summed E-state index contributed by atoms with van der Waals surface area (Å²) in [5.74, 6) is 0. The predicted octanol–water partition coefficient (Wildman–Crippen LogP) is 6.35. The van der Waals surface area contributed by atoms with E-state index in [1.165, 1.54) is 0 Å². The van der Waals surface area contributed by atoms with Crippen molar-refractivity contribution in [2.75, 3.05) is 14.1 Å². The zero-order chi connectivity index (χ0) is 27.9. The van der Waals surface area contributed by atoms with Gasteiger partial charge < -0.3 is 9.47 Å². The zero-order valence-electron chi connectivity index (χ0n) is 24.0. The molecule has 208 valence electrons. The summed E-state index contributed by atoms with van der Waals surface area (Å²) in [6.07, 6.45) is -0.242. The molecule has 6 nitrogen and oxygen atoms in total. The minimum Gasteiger partial charge on any atom is -0.366 e. The summed E-state index contributed by atoms with van der Waals surface area (Å²) in [5.41, 5.74) is 6.19. The first-order valence-corrected chi connectivity index (χ1v) is 14.1. The van der Waals surface area contributed by atoms with E-state index in [-0.39, 0.29) is 24.3 Å². The Labute approximate surface area is 238 Å². The van der Waals surface area contributed by atoms with Crippen molar-refractivity contribution in [1.82, 2.24) is 19.8 Å². The summed E-state index contributed by atoms with van der Waals surface area (Å²) in [6.45, 7) is 6.73. The van der Waals surface area contributed by atoms with Gasteiger partial charge in [0.2, 0.25) is 0 Å². The van der Waals surface area contributed by atoms with Crippen molar-refractivity contribution in [1.29, 1.82) is 0 Å². The monoisotopic (exact) mass is 536 g/mol. The quantitative estimate of drug-likeness (QED) is 0.298. The Bertz CT molecular complexity index is 1250. The molecule has 2 aromatic heterocycles. The fraction of sp³-hybridized carbons (Fsp3) is 0.353. The second kappa shape index (κ2) is 13.3. The van der Waals surface area contributed by atoms with Gasteiger partial charge >= 0.3 is 0 Å². The van der Waals surface area contributed by atoms with E-state index in [9.17, 15) is 0 Å². The molecule has 40 heavy (non-hydrogen) atoms. The van der Waals surface area contributed by atoms with Crippen LogP contribution in [0.25, 0.3) is 0 Å². The second-order valence-electron chi connectivity index (χ2n) is 10.8. The molecule has 5 rings (SSSR count). The van der Waals surface area contributed by atoms with Gasteiger partial charge in [0.05, 0.1) is 48.2 Å². The van der Waals surface area contributed by atoms with Crippen LogP contribution in [0, 0.1) is 0 Å². The molecular formula is C34H40N4O2. The number of benzene rings is 2. The number of ether oxygens (including phenoxy) is 2. The van der Waals surface area contributed by atoms with Gasteiger partial charge in [-0.15, -0.1) is 0 Å². The van der Waals surface area contributed by atoms with Gasteiger partial charge in [0.15, 0.2) is 0 Å². The number of nitrogens with zero attached hydrogens (tertiary/aromatic N) is 4. The third kappa shape index (κ3) is 7.01. The van der Waals surface area contributed by atoms with Crippen LogP contribution in [0.15, 0.2) is 97.1 Å². The highest BCUT2D eigenvalue weighted by molar-refractivity contribution is 5.21. The molecule has 0 unspecified atom stereocenters. The van der Waals surface area contributed by atoms with E-state index in [0.29, 0.717) is 13.2 Å². The maximum atomic E-state index is 6.60. The highest BCUT2D eigenvalue weighted by Gasteiger charge is 2.26. The Kier molecular flexibility index (Phi) is 9.34. The minimum absolute atomic E-state index is 0.118. The number of hydrogen-bond acceptors (Lipinski definition) is 6. The maximum Gasteiger partial charge on any atom is 0.0982 e. The number of hydrogen-bond donors (Lipinski definition) is 0. The zero-order valence-corrected chi connectivity index (χ0v) is 24.0. The molecule has 0 N–H and O–H groups in total. The summed E-state index contributed by atoms with van der Waals surface area (Å²) in [7, 11) is 4.29. The number of aromatic nitrogens is 2. The van der Waals surface area contributed by atoms with Gasteiger partial charge in [-0.1, -0.05) is 72.8 Å². The van der Waals surface area contributed by atoms with E-state index in [2.05, 4.69) is 104 Å². The molecule has 1 aliphatic heterocycles. The first kappa shape index (κ1) is 28.1. The van der Waals surface area contributed by atoms with Gasteiger partial charge in [0, 0.05) is 25.2 Å². The third-order valence-corrected chi connectivity index (χ3v) is 7.90. The van der Waals surface area contributed by atoms with Crippen LogP contribution >= 0.6 is 0 Å². The highest BCUT2D eigenvalue weighted by atomic mass is 16.5. The normalized spacial score (nSPS) is 23.7. The molecule has 4 aromatic rings. The van der Waals surface area contributed by atoms with Crippen molar-refractivity contribution in [3.05, 3.63) is 131 Å². The number of pyridine rings is 2. The van der Waals surface area contributed by atoms with E-state index in [1.807, 2.05) is 30.3 Å². The van der Waals surface area contributed by atoms with Crippen molar-refractivity contribution in [3.8, 4) is 0 Å². The summed E-state index contributed by atoms with van der Waals surface area (Å²) >= 11 is 0. The maximum absolute atomic E-state index is 6.60. The highest BCUT2D eigenvalue weighted by Crippen LogP contribution is 2.28. The molecule has 4 atom stereocenters. The van der Waals surface area contributed by atoms with Crippen LogP contribution in [-0.4, -0.2) is 45.9 Å². The molecule has 6 heteroatoms. The Morgan fingerprint density at radius 2 is 0.900 bits per heavy atom. The minimum atomic E-state index is -0.121. The molecule has 0 spiro atoms. The van der Waals surface area contributed by atoms with Crippen LogP contribution in [0.5, 0.6) is 0 Å². The molecule has 2 aromatic carbocycles. The largest absolute Gasteiger partial charge is 0.366 e. The first-order chi connectivity index (χ1) is 19.5. The molecule has 0 radical (unpaired) electrons. The molecule has 0 amide bonds. The summed E-state index contributed by atoms with van der Waals surface area (Å²) in [5, 5.41) is 0. The van der Waals surface area contributed by atoms with E-state index in [1.54, 1.807) is 0 Å². The molecule has 3 heterocycles. The van der Waals surface area contributed by atoms with Gasteiger partial charge in [-0.05, 0) is 63.3 Å². The smallest absolute Gasteiger partial charge is 0.0982 e. The topological polar surface area (TPSA) is 50.7 Å². The van der Waals surface area contributed by atoms with Crippen LogP contribution in [0.1, 0.15) is 60.0 Å². The molecule has 4 bridgehead atoms. The van der Waals surface area contributed by atoms with Crippen molar-refractivity contribution in [3.63, 3.8) is 0 Å². The lowest BCUT2D eigenvalue weighted by molar-refractivity contribution is -0.0211. The Hall–Kier alpha value is -3.42. The van der Waals surface area contributed by atoms with Gasteiger partial charge in [-0.25, -0.2) is 0 Å². The summed E-state index contributed by atoms with van der Waals surface area (Å²) < 4.78 is 13.2. The van der Waals surface area contributed by atoms with E-state index >= 15 is 0 Å². The predicted molar refractivity (Wildman–Crippen MR) is 158 cm³/mol. The fourth-order valence-corrected chi connectivity index (χ4v) is 5.32. The van der Waals surface area contributed by atoms with Gasteiger partial charge in [-0.2, -0.15) is 0 Å². The SMILES string of the molecule is C[C@H]1[C@@H](c2ccccc2)OCc2cccc(n2)CO[C@H](c2ccccc2)[C@H](C)N(C)Cc2cccc(n2)CN1C. The average molecular weight is 537 g/mol. The number of fused-ring (bicyclic) bond motifs is 4. The van der Waals surface area contributed by atoms with Crippen LogP contribution in [0.2, 0.25) is 0 Å². The Morgan fingerprint density at radius 1 is 0.525 bits per heavy atom. The lowest BCUT2D eigenvalue weighted by atomic mass is 10.0. The van der Waals surface area contributed by atoms with E-state index in [4.69, 9.17) is 19.4 Å². The van der Waals surface area contributed by atoms with Crippen LogP contribution < -0.4 is 0 Å². The van der Waals surface area contributed by atoms with Crippen LogP contribution in [-0.2, 0) is 35.8 Å². The fourth-order valence-electron chi connectivity index (χ4n) is 5.32. The molecule has 0 saturated carbocycles. The molecule has 0 fully saturated rings. The second-order valence-corrected chi connectivity index (χ2v) is 10.8. The lowest BCUT2D eigenvalue weighted by Gasteiger charge is -2.33. The average Bonchev–Trinajstić information content (AvgIpc) is 2.98. The number of rotatable bonds is 2. The summed E-state index contributed by atoms with van der Waals surface area (Å²) in [6, 6.07) is 33.6. The lowest BCUT2D eigenvalue weighted by Crippen LogP contribution is -2.36. The van der Waals surface area contributed by atoms with Crippen molar-refractivity contribution >= 4 is 0 Å². The standard InChI is InChI=1S/C34H40N4O2/c1-25-33(27-13-7-5-8-14-27)39-23-31-19-12-20-32(36-31)24-40-34(28-15-9-6-10-16-28)26(2)38(4)22-30-18-11-17-29(35-30)21-37(25)3/h5-20,25-26,33-34H,21-24H2,1-4H3/t25-,26-,33-,34-/m0/s1. The van der Waals surface area contributed by atoms with Crippen molar-refractivity contribution in [2.24, 2.45) is 0 Å². The molecular weight excluding hydrogens is 496 g/mol. The Morgan fingerprint density at radius 3 is 1.32 bits per heavy atom. The van der Waals surface area contributed by atoms with E-state index in [0.717, 1.165) is 47.0 Å². The van der Waals surface area contributed by atoms with Gasteiger partial charge in [0.25, 0.3) is 0 Å². The third-order valence-electron chi connectivity index (χ3n) is 7.90. The summed E-state index contributed by atoms with van der Waals surface area (Å²) in [4.78, 5) is 14.6. The number of likely N-dealkylation sites (N-methyl/N-ethyl adjacent to an activating group) is 2. The van der Waals surface area contributed by atoms with Crippen LogP contribution in [0.3, 0.4) is 0 Å². The first-order valence-electron chi connectivity index (χ1n) is 14.1. The van der Waals surface area contributed by atoms with Crippen LogP contribution in [0.4, 0.5) is 0 Å². The molecule has 0 saturated heterocycles. The molecule has 1 aliphatic rings. The van der Waals surface area contributed by atoms with Gasteiger partial charge in [0.1, 0.15) is 0 Å². The van der Waals surface area contributed by atoms with E-state index < -0.39 is 0 Å². The van der Waals surface area contributed by atoms with Gasteiger partial charge in [-0.3, -0.25) is 19.8 Å². The molecule has 0 aliphatic carbocycles. The van der Waals surface area contributed by atoms with Crippen molar-refractivity contribution in [2.45, 2.75) is 64.4 Å². The Balaban J connectivity index is 1.48. The van der Waals surface area contributed by atoms with Crippen molar-refractivity contribution < 1.29 is 9.47 Å².